The smallest absolute Gasteiger partial charge is 0.408 e. The van der Waals surface area contributed by atoms with Gasteiger partial charge in [0.2, 0.25) is 0 Å². The maximum atomic E-state index is 15.2. The Hall–Kier alpha value is -4.93. The van der Waals surface area contributed by atoms with Crippen molar-refractivity contribution < 1.29 is 68.1 Å². The van der Waals surface area contributed by atoms with Crippen LogP contribution in [0.4, 0.5) is 4.79 Å². The highest BCUT2D eigenvalue weighted by atomic mass is 16.6. The number of alkyl carbamates (subject to hydrolysis) is 1. The van der Waals surface area contributed by atoms with Crippen molar-refractivity contribution in [3.05, 3.63) is 95.1 Å². The first-order valence-corrected chi connectivity index (χ1v) is 20.4. The first-order valence-electron chi connectivity index (χ1n) is 20.4. The van der Waals surface area contributed by atoms with Crippen LogP contribution in [0.15, 0.2) is 84.0 Å². The molecule has 1 heterocycles. The number of rotatable bonds is 9. The summed E-state index contributed by atoms with van der Waals surface area (Å²) in [5, 5.41) is 52.2. The summed E-state index contributed by atoms with van der Waals surface area (Å²) in [5.74, 6) is -4.93. The summed E-state index contributed by atoms with van der Waals surface area (Å²) >= 11 is 0. The van der Waals surface area contributed by atoms with E-state index in [4.69, 9.17) is 23.7 Å². The minimum absolute atomic E-state index is 0.114. The van der Waals surface area contributed by atoms with Crippen molar-refractivity contribution in [1.29, 1.82) is 0 Å². The molecule has 6 rings (SSSR count). The number of benzene rings is 2. The summed E-state index contributed by atoms with van der Waals surface area (Å²) in [6.45, 7) is 16.2. The Morgan fingerprint density at radius 3 is 2.10 bits per heavy atom. The molecule has 2 aromatic carbocycles. The number of Topliss-reactive ketones (excluding diaryl/α,β-unsaturated/α-hetero) is 1. The second-order valence-electron chi connectivity index (χ2n) is 18.2. The number of ketones is 1. The van der Waals surface area contributed by atoms with E-state index in [1.54, 1.807) is 83.1 Å². The molecular weight excluding hydrogens is 790 g/mol. The van der Waals surface area contributed by atoms with Gasteiger partial charge in [0.25, 0.3) is 0 Å². The number of hydrogen-bond donors (Lipinski definition) is 5. The second-order valence-corrected chi connectivity index (χ2v) is 18.2. The zero-order chi connectivity index (χ0) is 45.0. The summed E-state index contributed by atoms with van der Waals surface area (Å²) in [4.78, 5) is 69.3. The van der Waals surface area contributed by atoms with E-state index in [1.165, 1.54) is 32.9 Å². The minimum atomic E-state index is -2.37. The van der Waals surface area contributed by atoms with Crippen LogP contribution >= 0.6 is 0 Å². The first kappa shape index (κ1) is 45.6. The third-order valence-corrected chi connectivity index (χ3v) is 13.4. The molecule has 3 fully saturated rings. The van der Waals surface area contributed by atoms with Crippen molar-refractivity contribution >= 4 is 29.8 Å². The lowest BCUT2D eigenvalue weighted by molar-refractivity contribution is -0.323. The van der Waals surface area contributed by atoms with Gasteiger partial charge in [-0.2, -0.15) is 0 Å². The molecule has 1 aliphatic heterocycles. The van der Waals surface area contributed by atoms with Crippen LogP contribution in [-0.4, -0.2) is 110 Å². The molecule has 12 atom stereocenters. The molecule has 0 radical (unpaired) electrons. The Labute approximate surface area is 355 Å². The normalized spacial score (nSPS) is 34.3. The summed E-state index contributed by atoms with van der Waals surface area (Å²) in [6, 6.07) is 14.7. The number of aliphatic hydroxyl groups is 4. The van der Waals surface area contributed by atoms with Crippen LogP contribution in [0, 0.1) is 16.7 Å². The van der Waals surface area contributed by atoms with Crippen LogP contribution in [0.2, 0.25) is 0 Å². The summed E-state index contributed by atoms with van der Waals surface area (Å²) in [7, 11) is 0. The number of esters is 3. The van der Waals surface area contributed by atoms with Gasteiger partial charge >= 0.3 is 24.0 Å². The first-order chi connectivity index (χ1) is 28.4. The Kier molecular flexibility index (Phi) is 12.3. The van der Waals surface area contributed by atoms with E-state index in [0.29, 0.717) is 5.56 Å². The van der Waals surface area contributed by atoms with E-state index in [-0.39, 0.29) is 35.3 Å². The Morgan fingerprint density at radius 2 is 1.56 bits per heavy atom. The molecule has 2 bridgehead atoms. The highest BCUT2D eigenvalue weighted by Gasteiger charge is 2.74. The largest absolute Gasteiger partial charge is 0.456 e. The molecule has 2 saturated carbocycles. The SMILES string of the molecule is C=C(C)[C@@]1(C)C2=C(C)[C@@H](OC(=O)[C@H](O)[C@@H](NC(=O)OC(C)(C)C)c3ccccc3)C[C@@]1(O)[C@@H](OC(=O)c1ccccc1)CC1[C@](C)(C(=O)[C@@H]2O)[C@@H](O)C[C@H]2OC[C@@]12OC(C)=O. The van der Waals surface area contributed by atoms with E-state index in [1.807, 2.05) is 0 Å². The van der Waals surface area contributed by atoms with Gasteiger partial charge in [-0.1, -0.05) is 60.7 Å². The molecule has 15 nitrogen and oxygen atoms in total. The zero-order valence-corrected chi connectivity index (χ0v) is 35.8. The summed E-state index contributed by atoms with van der Waals surface area (Å²) in [6.07, 6.45) is -11.7. The topological polar surface area (TPSA) is 224 Å². The van der Waals surface area contributed by atoms with Crippen molar-refractivity contribution in [2.45, 2.75) is 134 Å². The van der Waals surface area contributed by atoms with E-state index < -0.39 is 119 Å². The predicted octanol–water partition coefficient (Wildman–Crippen LogP) is 4.21. The molecule has 0 aromatic heterocycles. The molecule has 3 aliphatic carbocycles. The number of carbonyl (C=O) groups excluding carboxylic acids is 5. The molecule has 1 unspecified atom stereocenters. The number of ether oxygens (including phenoxy) is 5. The van der Waals surface area contributed by atoms with Crippen LogP contribution in [-0.2, 0) is 38.1 Å². The van der Waals surface area contributed by atoms with Crippen molar-refractivity contribution in [3.63, 3.8) is 0 Å². The van der Waals surface area contributed by atoms with Gasteiger partial charge in [-0.15, -0.1) is 0 Å². The maximum absolute atomic E-state index is 15.2. The lowest BCUT2D eigenvalue weighted by Crippen LogP contribution is -2.75. The number of carbonyl (C=O) groups is 5. The van der Waals surface area contributed by atoms with Gasteiger partial charge in [-0.25, -0.2) is 14.4 Å². The van der Waals surface area contributed by atoms with Gasteiger partial charge in [-0.3, -0.25) is 9.59 Å². The van der Waals surface area contributed by atoms with E-state index >= 15 is 4.79 Å². The van der Waals surface area contributed by atoms with Gasteiger partial charge in [0.15, 0.2) is 17.5 Å². The van der Waals surface area contributed by atoms with Crippen LogP contribution < -0.4 is 5.32 Å². The van der Waals surface area contributed by atoms with Gasteiger partial charge in [0.05, 0.1) is 29.7 Å². The Morgan fingerprint density at radius 1 is 0.951 bits per heavy atom. The predicted molar refractivity (Wildman–Crippen MR) is 217 cm³/mol. The molecule has 15 heteroatoms. The van der Waals surface area contributed by atoms with Crippen molar-refractivity contribution in [3.8, 4) is 0 Å². The number of nitrogens with one attached hydrogen (secondary N) is 1. The third kappa shape index (κ3) is 7.79. The fourth-order valence-electron chi connectivity index (χ4n) is 10.0. The maximum Gasteiger partial charge on any atom is 0.408 e. The molecule has 4 aliphatic rings. The fraction of sp³-hybridized carbons (Fsp3) is 0.543. The number of fused-ring (bicyclic) bond motifs is 5. The zero-order valence-electron chi connectivity index (χ0n) is 35.8. The highest BCUT2D eigenvalue weighted by molar-refractivity contribution is 5.93. The van der Waals surface area contributed by atoms with Crippen molar-refractivity contribution in [2.75, 3.05) is 6.61 Å². The standard InChI is InChI=1S/C46H57NO14/c1-24(2)44(9)34-25(3)29(58-40(54)37(51)35(27-16-12-10-13-17-27)47-41(55)61-42(5,6)7)22-46(44,56)33(59-39(53)28-18-14-11-15-19-28)20-30-43(8,38(52)36(34)50)31(49)21-32-45(30,23-57-32)60-26(4)48/h10-19,29-33,35-37,49-51,56H,1,20-23H2,2-9H3,(H,47,55)/t29-,30?,31-,32+,33-,35-,36+,37+,43-,44-,45+,46+/m0/s1. The van der Waals surface area contributed by atoms with E-state index in [2.05, 4.69) is 11.9 Å². The Bertz CT molecular complexity index is 2100. The quantitative estimate of drug-likeness (QED) is 0.136. The van der Waals surface area contributed by atoms with Gasteiger partial charge in [0.1, 0.15) is 35.6 Å². The van der Waals surface area contributed by atoms with Gasteiger partial charge in [-0.05, 0) is 83.7 Å². The van der Waals surface area contributed by atoms with E-state index in [0.717, 1.165) is 0 Å². The minimum Gasteiger partial charge on any atom is -0.456 e. The lowest BCUT2D eigenvalue weighted by Gasteiger charge is -2.62. The van der Waals surface area contributed by atoms with E-state index in [9.17, 15) is 39.6 Å². The molecule has 5 N–H and O–H groups in total. The van der Waals surface area contributed by atoms with Crippen LogP contribution in [0.3, 0.4) is 0 Å². The second kappa shape index (κ2) is 16.4. The average Bonchev–Trinajstić information content (AvgIpc) is 3.20. The molecule has 0 spiro atoms. The molecule has 1 amide bonds. The summed E-state index contributed by atoms with van der Waals surface area (Å²) < 4.78 is 29.6. The third-order valence-electron chi connectivity index (χ3n) is 13.4. The van der Waals surface area contributed by atoms with Crippen LogP contribution in [0.25, 0.3) is 0 Å². The van der Waals surface area contributed by atoms with Crippen LogP contribution in [0.5, 0.6) is 0 Å². The highest BCUT2D eigenvalue weighted by Crippen LogP contribution is 2.63. The van der Waals surface area contributed by atoms with Crippen LogP contribution in [0.1, 0.15) is 96.6 Å². The Balaban J connectivity index is 1.51. The average molecular weight is 848 g/mol. The van der Waals surface area contributed by atoms with Gasteiger partial charge < -0.3 is 49.4 Å². The molecule has 61 heavy (non-hydrogen) atoms. The van der Waals surface area contributed by atoms with Crippen molar-refractivity contribution in [1.82, 2.24) is 5.32 Å². The summed E-state index contributed by atoms with van der Waals surface area (Å²) in [5.41, 5.74) is -7.85. The van der Waals surface area contributed by atoms with Gasteiger partial charge in [0, 0.05) is 31.1 Å². The van der Waals surface area contributed by atoms with Crippen molar-refractivity contribution in [2.24, 2.45) is 16.7 Å². The number of hydrogen-bond acceptors (Lipinski definition) is 14. The molecular formula is C46H57NO14. The fourth-order valence-corrected chi connectivity index (χ4v) is 10.0. The molecule has 2 aromatic rings. The monoisotopic (exact) mass is 847 g/mol. The number of aliphatic hydroxyl groups excluding tert-OH is 3. The number of amides is 1. The molecule has 330 valence electrons. The lowest BCUT2D eigenvalue weighted by atomic mass is 9.52. The molecule has 1 saturated heterocycles.